The van der Waals surface area contributed by atoms with Gasteiger partial charge >= 0.3 is 7.59 Å². The number of carbonyl (C=O) groups excluding carboxylic acids is 1. The zero-order chi connectivity index (χ0) is 16.3. The van der Waals surface area contributed by atoms with Gasteiger partial charge in [0.05, 0.1) is 5.56 Å². The smallest absolute Gasteiger partial charge is 0.279 e. The maximum Gasteiger partial charge on any atom is 0.306 e. The van der Waals surface area contributed by atoms with E-state index in [2.05, 4.69) is 20.2 Å². The average molecular weight is 312 g/mol. The molecule has 1 heterocycles. The van der Waals surface area contributed by atoms with Crippen LogP contribution in [0.3, 0.4) is 0 Å². The number of amides is 1. The standard InChI is InChI=1S/C14H25N4O2P/c1-13(2,3)17-21(20,18-14(4,5)6)16-12(19)11-8-7-9-15-10-11/h7-10H,1-6H3,(H3,16,17,18,19,20). The molecule has 0 aliphatic rings. The third-order valence-electron chi connectivity index (χ3n) is 2.17. The first kappa shape index (κ1) is 17.8. The first-order valence-corrected chi connectivity index (χ1v) is 8.52. The highest BCUT2D eigenvalue weighted by molar-refractivity contribution is 7.58. The lowest BCUT2D eigenvalue weighted by Crippen LogP contribution is -2.48. The number of nitrogens with zero attached hydrogens (tertiary/aromatic N) is 1. The molecule has 7 heteroatoms. The van der Waals surface area contributed by atoms with Gasteiger partial charge in [-0.2, -0.15) is 0 Å². The molecule has 6 nitrogen and oxygen atoms in total. The van der Waals surface area contributed by atoms with Gasteiger partial charge in [0.2, 0.25) is 0 Å². The molecule has 0 unspecified atom stereocenters. The highest BCUT2D eigenvalue weighted by atomic mass is 31.2. The Labute approximate surface area is 126 Å². The van der Waals surface area contributed by atoms with E-state index in [4.69, 9.17) is 0 Å². The molecule has 0 aromatic carbocycles. The molecule has 21 heavy (non-hydrogen) atoms. The second-order valence-corrected chi connectivity index (χ2v) is 8.90. The van der Waals surface area contributed by atoms with E-state index in [0.29, 0.717) is 5.56 Å². The van der Waals surface area contributed by atoms with E-state index in [9.17, 15) is 9.36 Å². The summed E-state index contributed by atoms with van der Waals surface area (Å²) < 4.78 is 13.1. The van der Waals surface area contributed by atoms with Crippen molar-refractivity contribution < 1.29 is 9.36 Å². The lowest BCUT2D eigenvalue weighted by molar-refractivity contribution is 0.0978. The van der Waals surface area contributed by atoms with Crippen molar-refractivity contribution in [2.75, 3.05) is 0 Å². The molecule has 0 radical (unpaired) electrons. The van der Waals surface area contributed by atoms with Crippen LogP contribution in [0.4, 0.5) is 0 Å². The Hall–Kier alpha value is -1.23. The van der Waals surface area contributed by atoms with Crippen molar-refractivity contribution in [3.05, 3.63) is 30.1 Å². The summed E-state index contributed by atoms with van der Waals surface area (Å²) in [6, 6.07) is 3.29. The van der Waals surface area contributed by atoms with Gasteiger partial charge in [0, 0.05) is 23.5 Å². The van der Waals surface area contributed by atoms with Crippen molar-refractivity contribution in [1.29, 1.82) is 0 Å². The molecular weight excluding hydrogens is 287 g/mol. The molecular formula is C14H25N4O2P. The molecule has 0 aliphatic carbocycles. The van der Waals surface area contributed by atoms with Gasteiger partial charge in [-0.05, 0) is 53.7 Å². The molecule has 0 saturated carbocycles. The average Bonchev–Trinajstić information content (AvgIpc) is 2.24. The molecule has 1 aromatic rings. The summed E-state index contributed by atoms with van der Waals surface area (Å²) in [6.45, 7) is 11.3. The minimum atomic E-state index is -3.31. The van der Waals surface area contributed by atoms with Gasteiger partial charge in [-0.1, -0.05) is 0 Å². The van der Waals surface area contributed by atoms with Gasteiger partial charge in [-0.15, -0.1) is 0 Å². The van der Waals surface area contributed by atoms with Crippen LogP contribution < -0.4 is 15.3 Å². The van der Waals surface area contributed by atoms with E-state index in [1.807, 2.05) is 41.5 Å². The Balaban J connectivity index is 2.98. The second kappa shape index (κ2) is 6.26. The zero-order valence-corrected chi connectivity index (χ0v) is 14.4. The van der Waals surface area contributed by atoms with E-state index in [0.717, 1.165) is 0 Å². The van der Waals surface area contributed by atoms with Crippen molar-refractivity contribution in [3.63, 3.8) is 0 Å². The fourth-order valence-electron chi connectivity index (χ4n) is 1.73. The molecule has 1 aromatic heterocycles. The summed E-state index contributed by atoms with van der Waals surface area (Å²) in [4.78, 5) is 16.1. The Morgan fingerprint density at radius 2 is 1.62 bits per heavy atom. The Morgan fingerprint density at radius 3 is 2.00 bits per heavy atom. The van der Waals surface area contributed by atoms with Crippen LogP contribution in [0.5, 0.6) is 0 Å². The second-order valence-electron chi connectivity index (χ2n) is 7.02. The van der Waals surface area contributed by atoms with E-state index < -0.39 is 24.6 Å². The molecule has 1 rings (SSSR count). The lowest BCUT2D eigenvalue weighted by Gasteiger charge is -2.34. The summed E-state index contributed by atoms with van der Waals surface area (Å²) in [5.74, 6) is -0.431. The summed E-state index contributed by atoms with van der Waals surface area (Å²) in [7, 11) is -3.31. The zero-order valence-electron chi connectivity index (χ0n) is 13.5. The van der Waals surface area contributed by atoms with Crippen LogP contribution in [-0.2, 0) is 4.57 Å². The first-order chi connectivity index (χ1) is 9.40. The van der Waals surface area contributed by atoms with E-state index in [1.165, 1.54) is 6.20 Å². The van der Waals surface area contributed by atoms with Crippen LogP contribution in [0.1, 0.15) is 51.9 Å². The molecule has 0 atom stereocenters. The molecule has 0 fully saturated rings. The number of hydrogen-bond donors (Lipinski definition) is 3. The van der Waals surface area contributed by atoms with Crippen molar-refractivity contribution >= 4 is 13.5 Å². The third kappa shape index (κ3) is 6.85. The fraction of sp³-hybridized carbons (Fsp3) is 0.571. The highest BCUT2D eigenvalue weighted by Crippen LogP contribution is 2.37. The quantitative estimate of drug-likeness (QED) is 0.745. The number of pyridine rings is 1. The van der Waals surface area contributed by atoms with Crippen LogP contribution in [0, 0.1) is 0 Å². The molecule has 1 amide bonds. The van der Waals surface area contributed by atoms with Crippen LogP contribution in [0.2, 0.25) is 0 Å². The third-order valence-corrected chi connectivity index (χ3v) is 4.66. The largest absolute Gasteiger partial charge is 0.306 e. The highest BCUT2D eigenvalue weighted by Gasteiger charge is 2.33. The monoisotopic (exact) mass is 312 g/mol. The van der Waals surface area contributed by atoms with Crippen LogP contribution in [0.25, 0.3) is 0 Å². The van der Waals surface area contributed by atoms with Crippen molar-refractivity contribution in [2.45, 2.75) is 52.6 Å². The fourth-order valence-corrected chi connectivity index (χ4v) is 4.21. The predicted octanol–water partition coefficient (Wildman–Crippen LogP) is 2.70. The number of rotatable bonds is 4. The number of hydrogen-bond acceptors (Lipinski definition) is 3. The Bertz CT molecular complexity index is 512. The summed E-state index contributed by atoms with van der Waals surface area (Å²) in [5, 5.41) is 8.54. The summed E-state index contributed by atoms with van der Waals surface area (Å²) in [5.41, 5.74) is -0.476. The normalized spacial score (nSPS) is 13.0. The Kier molecular flexibility index (Phi) is 5.31. The number of carbonyl (C=O) groups is 1. The minimum absolute atomic E-state index is 0.365. The van der Waals surface area contributed by atoms with E-state index in [-0.39, 0.29) is 0 Å². The molecule has 0 aliphatic heterocycles. The number of aromatic nitrogens is 1. The predicted molar refractivity (Wildman–Crippen MR) is 85.1 cm³/mol. The number of nitrogens with one attached hydrogen (secondary N) is 3. The maximum atomic E-state index is 13.1. The lowest BCUT2D eigenvalue weighted by atomic mass is 10.1. The SMILES string of the molecule is CC(C)(C)NP(=O)(NC(=O)c1cccnc1)NC(C)(C)C. The minimum Gasteiger partial charge on any atom is -0.279 e. The van der Waals surface area contributed by atoms with Gasteiger partial charge in [-0.25, -0.2) is 10.2 Å². The van der Waals surface area contributed by atoms with Crippen LogP contribution >= 0.6 is 7.59 Å². The van der Waals surface area contributed by atoms with Gasteiger partial charge in [0.15, 0.2) is 0 Å². The molecule has 0 saturated heterocycles. The molecule has 0 bridgehead atoms. The van der Waals surface area contributed by atoms with Crippen molar-refractivity contribution in [2.24, 2.45) is 0 Å². The van der Waals surface area contributed by atoms with E-state index in [1.54, 1.807) is 18.3 Å². The topological polar surface area (TPSA) is 83.1 Å². The Morgan fingerprint density at radius 1 is 1.10 bits per heavy atom. The molecule has 118 valence electrons. The maximum absolute atomic E-state index is 13.1. The van der Waals surface area contributed by atoms with Gasteiger partial charge in [0.25, 0.3) is 5.91 Å². The summed E-state index contributed by atoms with van der Waals surface area (Å²) in [6.07, 6.45) is 3.02. The summed E-state index contributed by atoms with van der Waals surface area (Å²) >= 11 is 0. The van der Waals surface area contributed by atoms with Gasteiger partial charge in [-0.3, -0.25) is 19.4 Å². The van der Waals surface area contributed by atoms with E-state index >= 15 is 0 Å². The van der Waals surface area contributed by atoms with Crippen LogP contribution in [0.15, 0.2) is 24.5 Å². The van der Waals surface area contributed by atoms with Crippen molar-refractivity contribution in [1.82, 2.24) is 20.2 Å². The molecule has 3 N–H and O–H groups in total. The molecule has 0 spiro atoms. The van der Waals surface area contributed by atoms with Gasteiger partial charge in [0.1, 0.15) is 0 Å². The van der Waals surface area contributed by atoms with Crippen LogP contribution in [-0.4, -0.2) is 22.0 Å². The van der Waals surface area contributed by atoms with Gasteiger partial charge < -0.3 is 0 Å². The first-order valence-electron chi connectivity index (χ1n) is 6.82. The van der Waals surface area contributed by atoms with Crippen molar-refractivity contribution in [3.8, 4) is 0 Å².